The Hall–Kier alpha value is -3.07. The van der Waals surface area contributed by atoms with Crippen LogP contribution in [-0.4, -0.2) is 43.8 Å². The minimum atomic E-state index is -4.15. The topological polar surface area (TPSA) is 86.8 Å². The number of sulfonamides is 1. The summed E-state index contributed by atoms with van der Waals surface area (Å²) in [6, 6.07) is 15.7. The van der Waals surface area contributed by atoms with E-state index in [0.29, 0.717) is 21.3 Å². The number of benzene rings is 3. The fourth-order valence-electron chi connectivity index (χ4n) is 4.30. The zero-order chi connectivity index (χ0) is 29.8. The van der Waals surface area contributed by atoms with Crippen molar-refractivity contribution in [3.8, 4) is 0 Å². The molecule has 0 aliphatic heterocycles. The number of nitrogens with one attached hydrogen (secondary N) is 1. The van der Waals surface area contributed by atoms with Gasteiger partial charge in [-0.3, -0.25) is 13.9 Å². The van der Waals surface area contributed by atoms with Crippen LogP contribution in [0.15, 0.2) is 65.6 Å². The zero-order valence-corrected chi connectivity index (χ0v) is 25.9. The van der Waals surface area contributed by atoms with E-state index >= 15 is 0 Å². The fraction of sp³-hybridized carbons (Fsp3) is 0.333. The van der Waals surface area contributed by atoms with Gasteiger partial charge in [-0.15, -0.1) is 0 Å². The number of nitrogens with zero attached hydrogens (tertiary/aromatic N) is 2. The predicted molar refractivity (Wildman–Crippen MR) is 161 cm³/mol. The molecule has 3 aromatic rings. The van der Waals surface area contributed by atoms with Gasteiger partial charge in [0.25, 0.3) is 10.0 Å². The summed E-state index contributed by atoms with van der Waals surface area (Å²) in [5.41, 5.74) is 3.40. The molecule has 0 saturated heterocycles. The molecule has 0 spiro atoms. The van der Waals surface area contributed by atoms with E-state index in [2.05, 4.69) is 5.32 Å². The van der Waals surface area contributed by atoms with Gasteiger partial charge in [-0.1, -0.05) is 53.0 Å². The predicted octanol–water partition coefficient (Wildman–Crippen LogP) is 6.06. The number of anilines is 1. The molecular weight excluding hydrogens is 569 g/mol. The average Bonchev–Trinajstić information content (AvgIpc) is 2.85. The zero-order valence-electron chi connectivity index (χ0n) is 23.5. The lowest BCUT2D eigenvalue weighted by Gasteiger charge is -2.33. The van der Waals surface area contributed by atoms with Crippen molar-refractivity contribution in [2.75, 3.05) is 10.8 Å². The van der Waals surface area contributed by atoms with Crippen molar-refractivity contribution in [2.24, 2.45) is 0 Å². The number of hydrogen-bond acceptors (Lipinski definition) is 4. The molecule has 3 aromatic carbocycles. The Morgan fingerprint density at radius 3 is 1.93 bits per heavy atom. The van der Waals surface area contributed by atoms with E-state index in [1.807, 2.05) is 40.7 Å². The van der Waals surface area contributed by atoms with Gasteiger partial charge in [0.2, 0.25) is 11.8 Å². The Morgan fingerprint density at radius 2 is 1.40 bits per heavy atom. The maximum Gasteiger partial charge on any atom is 0.264 e. The van der Waals surface area contributed by atoms with Gasteiger partial charge in [0.05, 0.1) is 10.6 Å². The van der Waals surface area contributed by atoms with Crippen LogP contribution in [0, 0.1) is 20.8 Å². The van der Waals surface area contributed by atoms with Crippen LogP contribution in [0.4, 0.5) is 5.69 Å². The molecule has 0 aromatic heterocycles. The molecule has 1 N–H and O–H groups in total. The minimum absolute atomic E-state index is 0.0522. The van der Waals surface area contributed by atoms with Crippen LogP contribution in [0.2, 0.25) is 10.0 Å². The summed E-state index contributed by atoms with van der Waals surface area (Å²) in [6.07, 6.45) is 0. The van der Waals surface area contributed by atoms with E-state index in [0.717, 1.165) is 21.0 Å². The SMILES string of the molecule is Cc1ccc(S(=O)(=O)N(CC(=O)N(Cc2c(Cl)cccc2Cl)[C@@H](C)C(=O)NC(C)C)c2cc(C)cc(C)c2)cc1. The van der Waals surface area contributed by atoms with Gasteiger partial charge < -0.3 is 10.2 Å². The maximum absolute atomic E-state index is 14.0. The first-order valence-corrected chi connectivity index (χ1v) is 15.1. The van der Waals surface area contributed by atoms with E-state index in [-0.39, 0.29) is 23.4 Å². The number of amides is 2. The van der Waals surface area contributed by atoms with Crippen LogP contribution in [0.3, 0.4) is 0 Å². The molecule has 0 saturated carbocycles. The van der Waals surface area contributed by atoms with Gasteiger partial charge in [0.15, 0.2) is 0 Å². The van der Waals surface area contributed by atoms with E-state index in [1.54, 1.807) is 49.4 Å². The highest BCUT2D eigenvalue weighted by Crippen LogP contribution is 2.29. The molecule has 2 amide bonds. The average molecular weight is 605 g/mol. The summed E-state index contributed by atoms with van der Waals surface area (Å²) in [5.74, 6) is -0.969. The van der Waals surface area contributed by atoms with Crippen molar-refractivity contribution in [1.29, 1.82) is 0 Å². The van der Waals surface area contributed by atoms with Crippen molar-refractivity contribution in [1.82, 2.24) is 10.2 Å². The Bertz CT molecular complexity index is 1450. The number of rotatable bonds is 10. The summed E-state index contributed by atoms with van der Waals surface area (Å²) in [5, 5.41) is 3.49. The molecule has 214 valence electrons. The third kappa shape index (κ3) is 7.56. The summed E-state index contributed by atoms with van der Waals surface area (Å²) in [6.45, 7) is 10.2. The molecule has 7 nitrogen and oxygen atoms in total. The van der Waals surface area contributed by atoms with Crippen LogP contribution >= 0.6 is 23.2 Å². The van der Waals surface area contributed by atoms with Crippen molar-refractivity contribution < 1.29 is 18.0 Å². The van der Waals surface area contributed by atoms with Crippen molar-refractivity contribution in [3.05, 3.63) is 93.0 Å². The normalized spacial score (nSPS) is 12.2. The van der Waals surface area contributed by atoms with Crippen LogP contribution in [-0.2, 0) is 26.2 Å². The Balaban J connectivity index is 2.10. The van der Waals surface area contributed by atoms with E-state index in [1.165, 1.54) is 17.0 Å². The molecule has 3 rings (SSSR count). The molecule has 0 heterocycles. The van der Waals surface area contributed by atoms with Gasteiger partial charge in [-0.05, 0) is 89.1 Å². The summed E-state index contributed by atoms with van der Waals surface area (Å²) >= 11 is 12.8. The third-order valence-corrected chi connectivity index (χ3v) is 8.87. The Labute approximate surface area is 247 Å². The van der Waals surface area contributed by atoms with Crippen molar-refractivity contribution in [2.45, 2.75) is 65.1 Å². The van der Waals surface area contributed by atoms with Crippen LogP contribution in [0.5, 0.6) is 0 Å². The molecule has 0 bridgehead atoms. The molecular formula is C30H35Cl2N3O4S. The number of carbonyl (C=O) groups excluding carboxylic acids is 2. The lowest BCUT2D eigenvalue weighted by molar-refractivity contribution is -0.139. The highest BCUT2D eigenvalue weighted by Gasteiger charge is 2.33. The van der Waals surface area contributed by atoms with Gasteiger partial charge in [-0.2, -0.15) is 0 Å². The standard InChI is InChI=1S/C30H35Cl2N3O4S/c1-19(2)33-30(37)23(6)34(17-26-27(31)8-7-9-28(26)32)29(36)18-35(24-15-21(4)14-22(5)16-24)40(38,39)25-12-10-20(3)11-13-25/h7-16,19,23H,17-18H2,1-6H3,(H,33,37)/t23-/m0/s1. The van der Waals surface area contributed by atoms with Crippen molar-refractivity contribution in [3.63, 3.8) is 0 Å². The summed E-state index contributed by atoms with van der Waals surface area (Å²) < 4.78 is 29.0. The second-order valence-electron chi connectivity index (χ2n) is 10.2. The first-order valence-electron chi connectivity index (χ1n) is 12.9. The number of hydrogen-bond donors (Lipinski definition) is 1. The first kappa shape index (κ1) is 31.5. The summed E-state index contributed by atoms with van der Waals surface area (Å²) in [4.78, 5) is 28.5. The molecule has 0 fully saturated rings. The van der Waals surface area contributed by atoms with Crippen LogP contribution in [0.1, 0.15) is 43.0 Å². The largest absolute Gasteiger partial charge is 0.352 e. The van der Waals surface area contributed by atoms with E-state index in [9.17, 15) is 18.0 Å². The number of halogens is 2. The molecule has 1 atom stereocenters. The van der Waals surface area contributed by atoms with Crippen molar-refractivity contribution >= 4 is 50.7 Å². The maximum atomic E-state index is 14.0. The fourth-order valence-corrected chi connectivity index (χ4v) is 6.22. The van der Waals surface area contributed by atoms with Gasteiger partial charge in [-0.25, -0.2) is 8.42 Å². The van der Waals surface area contributed by atoms with Crippen LogP contribution < -0.4 is 9.62 Å². The monoisotopic (exact) mass is 603 g/mol. The molecule has 0 aliphatic rings. The molecule has 10 heteroatoms. The highest BCUT2D eigenvalue weighted by molar-refractivity contribution is 7.92. The quantitative estimate of drug-likeness (QED) is 0.305. The van der Waals surface area contributed by atoms with E-state index in [4.69, 9.17) is 23.2 Å². The molecule has 0 aliphatic carbocycles. The second-order valence-corrected chi connectivity index (χ2v) is 12.9. The Kier molecular flexibility index (Phi) is 10.3. The second kappa shape index (κ2) is 13.1. The van der Waals surface area contributed by atoms with E-state index < -0.39 is 28.5 Å². The van der Waals surface area contributed by atoms with Gasteiger partial charge in [0.1, 0.15) is 12.6 Å². The Morgan fingerprint density at radius 1 is 0.850 bits per heavy atom. The van der Waals surface area contributed by atoms with Gasteiger partial charge in [0, 0.05) is 28.2 Å². The minimum Gasteiger partial charge on any atom is -0.352 e. The highest BCUT2D eigenvalue weighted by atomic mass is 35.5. The van der Waals surface area contributed by atoms with Gasteiger partial charge >= 0.3 is 0 Å². The summed E-state index contributed by atoms with van der Waals surface area (Å²) in [7, 11) is -4.15. The molecule has 40 heavy (non-hydrogen) atoms. The molecule has 0 unspecified atom stereocenters. The number of carbonyl (C=O) groups is 2. The lowest BCUT2D eigenvalue weighted by Crippen LogP contribution is -2.52. The lowest BCUT2D eigenvalue weighted by atomic mass is 10.1. The molecule has 0 radical (unpaired) electrons. The van der Waals surface area contributed by atoms with Crippen LogP contribution in [0.25, 0.3) is 0 Å². The first-order chi connectivity index (χ1) is 18.7. The third-order valence-electron chi connectivity index (χ3n) is 6.37. The smallest absolute Gasteiger partial charge is 0.264 e. The number of aryl methyl sites for hydroxylation is 3.